The lowest BCUT2D eigenvalue weighted by molar-refractivity contribution is 0.0591. The van der Waals surface area contributed by atoms with Crippen LogP contribution in [0, 0.1) is 12.7 Å². The Kier molecular flexibility index (Phi) is 5.78. The Bertz CT molecular complexity index is 608. The summed E-state index contributed by atoms with van der Waals surface area (Å²) in [5.74, 6) is -0.212. The lowest BCUT2D eigenvalue weighted by Gasteiger charge is -2.28. The summed E-state index contributed by atoms with van der Waals surface area (Å²) in [6.07, 6.45) is -0.114. The van der Waals surface area contributed by atoms with E-state index in [1.54, 1.807) is 11.3 Å². The monoisotopic (exact) mass is 334 g/mol. The first kappa shape index (κ1) is 16.6. The van der Waals surface area contributed by atoms with Crippen molar-refractivity contribution in [2.24, 2.45) is 0 Å². The van der Waals surface area contributed by atoms with Crippen LogP contribution in [0.4, 0.5) is 4.39 Å². The van der Waals surface area contributed by atoms with Gasteiger partial charge in [-0.15, -0.1) is 11.3 Å². The van der Waals surface area contributed by atoms with Crippen LogP contribution in [0.5, 0.6) is 0 Å². The normalized spacial score (nSPS) is 17.3. The van der Waals surface area contributed by atoms with E-state index in [9.17, 15) is 4.39 Å². The van der Waals surface area contributed by atoms with Crippen LogP contribution < -0.4 is 5.32 Å². The third-order valence-electron chi connectivity index (χ3n) is 4.09. The molecule has 1 N–H and O–H groups in total. The van der Waals surface area contributed by atoms with E-state index >= 15 is 0 Å². The molecule has 1 aromatic heterocycles. The van der Waals surface area contributed by atoms with Crippen LogP contribution in [0.15, 0.2) is 36.4 Å². The van der Waals surface area contributed by atoms with Gasteiger partial charge in [0.2, 0.25) is 0 Å². The first-order chi connectivity index (χ1) is 11.2. The number of ether oxygens (including phenoxy) is 1. The van der Waals surface area contributed by atoms with Gasteiger partial charge in [-0.2, -0.15) is 0 Å². The van der Waals surface area contributed by atoms with Crippen LogP contribution in [0.3, 0.4) is 0 Å². The van der Waals surface area contributed by atoms with E-state index in [4.69, 9.17) is 4.74 Å². The molecule has 0 saturated carbocycles. The molecule has 5 heteroatoms. The minimum absolute atomic E-state index is 0.114. The Labute approximate surface area is 141 Å². The number of hydrogen-bond acceptors (Lipinski definition) is 4. The van der Waals surface area contributed by atoms with Gasteiger partial charge in [-0.05, 0) is 36.8 Å². The van der Waals surface area contributed by atoms with Crippen molar-refractivity contribution < 1.29 is 9.13 Å². The van der Waals surface area contributed by atoms with Crippen LogP contribution in [0.2, 0.25) is 0 Å². The number of thiophene rings is 1. The molecule has 3 rings (SSSR count). The molecule has 1 fully saturated rings. The zero-order valence-corrected chi connectivity index (χ0v) is 14.2. The largest absolute Gasteiger partial charge is 0.367 e. The summed E-state index contributed by atoms with van der Waals surface area (Å²) in [4.78, 5) is 4.85. The van der Waals surface area contributed by atoms with Crippen LogP contribution in [-0.4, -0.2) is 44.2 Å². The number of aryl methyl sites for hydroxylation is 1. The van der Waals surface area contributed by atoms with Gasteiger partial charge in [0.25, 0.3) is 0 Å². The topological polar surface area (TPSA) is 24.5 Å². The summed E-state index contributed by atoms with van der Waals surface area (Å²) in [5.41, 5.74) is 1.01. The van der Waals surface area contributed by atoms with Gasteiger partial charge in [-0.25, -0.2) is 4.39 Å². The van der Waals surface area contributed by atoms with Gasteiger partial charge in [-0.1, -0.05) is 12.1 Å². The summed E-state index contributed by atoms with van der Waals surface area (Å²) in [6, 6.07) is 10.9. The minimum Gasteiger partial charge on any atom is -0.367 e. The minimum atomic E-state index is -0.212. The van der Waals surface area contributed by atoms with Crippen LogP contribution in [-0.2, 0) is 4.74 Å². The molecule has 0 radical (unpaired) electrons. The Morgan fingerprint density at radius 2 is 1.91 bits per heavy atom. The van der Waals surface area contributed by atoms with Crippen molar-refractivity contribution in [1.82, 2.24) is 10.2 Å². The van der Waals surface area contributed by atoms with Crippen molar-refractivity contribution in [3.8, 4) is 0 Å². The molecule has 1 aliphatic heterocycles. The summed E-state index contributed by atoms with van der Waals surface area (Å²) in [6.45, 7) is 7.95. The third-order valence-corrected chi connectivity index (χ3v) is 5.14. The Morgan fingerprint density at radius 1 is 1.17 bits per heavy atom. The highest BCUT2D eigenvalue weighted by Crippen LogP contribution is 2.31. The number of nitrogens with one attached hydrogen (secondary N) is 1. The van der Waals surface area contributed by atoms with Gasteiger partial charge in [0.1, 0.15) is 11.9 Å². The molecule has 3 nitrogen and oxygen atoms in total. The lowest BCUT2D eigenvalue weighted by atomic mass is 10.1. The maximum Gasteiger partial charge on any atom is 0.123 e. The quantitative estimate of drug-likeness (QED) is 0.878. The average Bonchev–Trinajstić information content (AvgIpc) is 3.00. The SMILES string of the molecule is Cc1ccc(C(OCCN2CCNCC2)c2ccc(F)cc2)s1. The fourth-order valence-electron chi connectivity index (χ4n) is 2.81. The zero-order chi connectivity index (χ0) is 16.1. The average molecular weight is 334 g/mol. The van der Waals surface area contributed by atoms with Crippen molar-refractivity contribution in [3.05, 3.63) is 57.5 Å². The van der Waals surface area contributed by atoms with Gasteiger partial charge in [0.05, 0.1) is 6.61 Å². The second-order valence-corrected chi connectivity index (χ2v) is 7.16. The Morgan fingerprint density at radius 3 is 2.57 bits per heavy atom. The Hall–Kier alpha value is -1.27. The molecule has 1 saturated heterocycles. The molecular weight excluding hydrogens is 311 g/mol. The van der Waals surface area contributed by atoms with Crippen LogP contribution in [0.25, 0.3) is 0 Å². The second kappa shape index (κ2) is 8.02. The molecule has 2 heterocycles. The molecule has 23 heavy (non-hydrogen) atoms. The van der Waals surface area contributed by atoms with E-state index < -0.39 is 0 Å². The van der Waals surface area contributed by atoms with E-state index in [2.05, 4.69) is 29.3 Å². The van der Waals surface area contributed by atoms with E-state index in [0.717, 1.165) is 38.3 Å². The fraction of sp³-hybridized carbons (Fsp3) is 0.444. The molecule has 1 aliphatic rings. The number of rotatable bonds is 6. The molecule has 0 spiro atoms. The maximum atomic E-state index is 13.2. The number of nitrogens with zero attached hydrogens (tertiary/aromatic N) is 1. The third kappa shape index (κ3) is 4.61. The van der Waals surface area contributed by atoms with E-state index in [-0.39, 0.29) is 11.9 Å². The van der Waals surface area contributed by atoms with Crippen molar-refractivity contribution >= 4 is 11.3 Å². The predicted molar refractivity (Wildman–Crippen MR) is 92.6 cm³/mol. The highest BCUT2D eigenvalue weighted by Gasteiger charge is 2.18. The van der Waals surface area contributed by atoms with Gasteiger partial charge in [0.15, 0.2) is 0 Å². The van der Waals surface area contributed by atoms with E-state index in [1.165, 1.54) is 21.9 Å². The van der Waals surface area contributed by atoms with Gasteiger partial charge in [0, 0.05) is 42.5 Å². The van der Waals surface area contributed by atoms with E-state index in [0.29, 0.717) is 6.61 Å². The standard InChI is InChI=1S/C18H23FN2OS/c1-14-2-7-17(23-14)18(15-3-5-16(19)6-4-15)22-13-12-21-10-8-20-9-11-21/h2-7,18,20H,8-13H2,1H3. The fourth-order valence-corrected chi connectivity index (χ4v) is 3.76. The molecular formula is C18H23FN2OS. The highest BCUT2D eigenvalue weighted by molar-refractivity contribution is 7.12. The molecule has 1 unspecified atom stereocenters. The molecule has 1 atom stereocenters. The lowest BCUT2D eigenvalue weighted by Crippen LogP contribution is -2.44. The zero-order valence-electron chi connectivity index (χ0n) is 13.4. The predicted octanol–water partition coefficient (Wildman–Crippen LogP) is 3.21. The molecule has 0 bridgehead atoms. The summed E-state index contributed by atoms with van der Waals surface area (Å²) >= 11 is 1.74. The van der Waals surface area contributed by atoms with Crippen molar-refractivity contribution in [2.45, 2.75) is 13.0 Å². The molecule has 2 aromatic rings. The summed E-state index contributed by atoms with van der Waals surface area (Å²) in [5, 5.41) is 3.36. The van der Waals surface area contributed by atoms with Gasteiger partial charge < -0.3 is 10.1 Å². The van der Waals surface area contributed by atoms with Crippen molar-refractivity contribution in [1.29, 1.82) is 0 Å². The summed E-state index contributed by atoms with van der Waals surface area (Å²) < 4.78 is 19.4. The molecule has 124 valence electrons. The van der Waals surface area contributed by atoms with Crippen LogP contribution >= 0.6 is 11.3 Å². The van der Waals surface area contributed by atoms with Gasteiger partial charge in [-0.3, -0.25) is 4.90 Å². The maximum absolute atomic E-state index is 13.2. The smallest absolute Gasteiger partial charge is 0.123 e. The molecule has 0 amide bonds. The first-order valence-electron chi connectivity index (χ1n) is 8.09. The van der Waals surface area contributed by atoms with Crippen molar-refractivity contribution in [3.63, 3.8) is 0 Å². The second-order valence-electron chi connectivity index (χ2n) is 5.84. The molecule has 1 aromatic carbocycles. The number of hydrogen-bond donors (Lipinski definition) is 1. The van der Waals surface area contributed by atoms with Gasteiger partial charge >= 0.3 is 0 Å². The summed E-state index contributed by atoms with van der Waals surface area (Å²) in [7, 11) is 0. The number of halogens is 1. The van der Waals surface area contributed by atoms with Crippen molar-refractivity contribution in [2.75, 3.05) is 39.3 Å². The highest BCUT2D eigenvalue weighted by atomic mass is 32.1. The number of piperazine rings is 1. The van der Waals surface area contributed by atoms with Crippen LogP contribution in [0.1, 0.15) is 21.4 Å². The first-order valence-corrected chi connectivity index (χ1v) is 8.90. The van der Waals surface area contributed by atoms with E-state index in [1.807, 2.05) is 12.1 Å². The number of benzene rings is 1. The molecule has 0 aliphatic carbocycles. The Balaban J connectivity index is 1.66.